The van der Waals surface area contributed by atoms with E-state index in [0.29, 0.717) is 11.5 Å². The number of nitrogens with zero attached hydrogens (tertiary/aromatic N) is 1. The molecule has 16 heavy (non-hydrogen) atoms. The molecule has 0 fully saturated rings. The van der Waals surface area contributed by atoms with Crippen LogP contribution in [-0.2, 0) is 6.54 Å². The normalized spacial score (nSPS) is 14.4. The average Bonchev–Trinajstić information content (AvgIpc) is 2.77. The summed E-state index contributed by atoms with van der Waals surface area (Å²) in [5, 5.41) is 23.1. The van der Waals surface area contributed by atoms with E-state index in [9.17, 15) is 5.11 Å². The molecule has 0 bridgehead atoms. The Morgan fingerprint density at radius 3 is 2.88 bits per heavy atom. The summed E-state index contributed by atoms with van der Waals surface area (Å²) in [6.45, 7) is 5.13. The van der Waals surface area contributed by atoms with Crippen molar-refractivity contribution in [1.29, 1.82) is 5.26 Å². The summed E-state index contributed by atoms with van der Waals surface area (Å²) in [5.41, 5.74) is 0.714. The van der Waals surface area contributed by atoms with Crippen molar-refractivity contribution in [3.8, 4) is 6.07 Å². The van der Waals surface area contributed by atoms with Gasteiger partial charge in [-0.2, -0.15) is 5.26 Å². The summed E-state index contributed by atoms with van der Waals surface area (Å²) >= 11 is 1.58. The molecule has 0 aliphatic rings. The van der Waals surface area contributed by atoms with Gasteiger partial charge in [-0.25, -0.2) is 0 Å². The second kappa shape index (κ2) is 6.64. The first-order valence-corrected chi connectivity index (χ1v) is 6.41. The van der Waals surface area contributed by atoms with E-state index in [1.807, 2.05) is 11.4 Å². The van der Waals surface area contributed by atoms with Gasteiger partial charge in [0.25, 0.3) is 0 Å². The lowest BCUT2D eigenvalue weighted by Gasteiger charge is -2.21. The number of nitrogens with one attached hydrogen (secondary N) is 1. The van der Waals surface area contributed by atoms with E-state index in [2.05, 4.69) is 25.2 Å². The van der Waals surface area contributed by atoms with Crippen molar-refractivity contribution in [2.45, 2.75) is 32.9 Å². The SMILES string of the molecule is CCC(C)C(CO)NCc1cc(C#N)cs1. The fourth-order valence-electron chi connectivity index (χ4n) is 1.49. The summed E-state index contributed by atoms with van der Waals surface area (Å²) in [4.78, 5) is 1.14. The molecule has 4 heteroatoms. The number of aliphatic hydroxyl groups excluding tert-OH is 1. The minimum Gasteiger partial charge on any atom is -0.395 e. The zero-order chi connectivity index (χ0) is 12.0. The Morgan fingerprint density at radius 1 is 1.62 bits per heavy atom. The fraction of sp³-hybridized carbons (Fsp3) is 0.583. The third-order valence-electron chi connectivity index (χ3n) is 2.85. The summed E-state index contributed by atoms with van der Waals surface area (Å²) in [7, 11) is 0. The Labute approximate surface area is 101 Å². The topological polar surface area (TPSA) is 56.0 Å². The first-order chi connectivity index (χ1) is 7.71. The molecule has 88 valence electrons. The van der Waals surface area contributed by atoms with E-state index >= 15 is 0 Å². The lowest BCUT2D eigenvalue weighted by molar-refractivity contribution is 0.201. The Bertz CT molecular complexity index is 356. The van der Waals surface area contributed by atoms with E-state index in [-0.39, 0.29) is 12.6 Å². The van der Waals surface area contributed by atoms with Crippen LogP contribution in [0.5, 0.6) is 0 Å². The van der Waals surface area contributed by atoms with Gasteiger partial charge >= 0.3 is 0 Å². The van der Waals surface area contributed by atoms with Gasteiger partial charge in [0.2, 0.25) is 0 Å². The highest BCUT2D eigenvalue weighted by Gasteiger charge is 2.14. The number of aliphatic hydroxyl groups is 1. The molecule has 0 saturated heterocycles. The van der Waals surface area contributed by atoms with Gasteiger partial charge < -0.3 is 10.4 Å². The van der Waals surface area contributed by atoms with Crippen molar-refractivity contribution in [3.63, 3.8) is 0 Å². The first-order valence-electron chi connectivity index (χ1n) is 5.53. The van der Waals surface area contributed by atoms with Crippen LogP contribution in [0.1, 0.15) is 30.7 Å². The molecule has 0 aliphatic carbocycles. The molecule has 1 rings (SSSR count). The average molecular weight is 238 g/mol. The van der Waals surface area contributed by atoms with Crippen molar-refractivity contribution in [2.24, 2.45) is 5.92 Å². The largest absolute Gasteiger partial charge is 0.395 e. The summed E-state index contributed by atoms with van der Waals surface area (Å²) in [6.07, 6.45) is 1.05. The summed E-state index contributed by atoms with van der Waals surface area (Å²) in [6, 6.07) is 4.14. The van der Waals surface area contributed by atoms with E-state index in [1.54, 1.807) is 11.3 Å². The maximum Gasteiger partial charge on any atom is 0.100 e. The van der Waals surface area contributed by atoms with E-state index in [4.69, 9.17) is 5.26 Å². The maximum atomic E-state index is 9.25. The lowest BCUT2D eigenvalue weighted by atomic mass is 10.00. The van der Waals surface area contributed by atoms with Gasteiger partial charge in [-0.3, -0.25) is 0 Å². The monoisotopic (exact) mass is 238 g/mol. The predicted octanol–water partition coefficient (Wildman–Crippen LogP) is 2.12. The highest BCUT2D eigenvalue weighted by molar-refractivity contribution is 7.10. The highest BCUT2D eigenvalue weighted by Crippen LogP contribution is 2.15. The summed E-state index contributed by atoms with van der Waals surface area (Å²) in [5.74, 6) is 0.459. The van der Waals surface area contributed by atoms with E-state index < -0.39 is 0 Å². The number of hydrogen-bond donors (Lipinski definition) is 2. The van der Waals surface area contributed by atoms with Gasteiger partial charge in [0.1, 0.15) is 6.07 Å². The van der Waals surface area contributed by atoms with Gasteiger partial charge in [-0.15, -0.1) is 11.3 Å². The summed E-state index contributed by atoms with van der Waals surface area (Å²) < 4.78 is 0. The Hall–Kier alpha value is -0.890. The molecule has 3 nitrogen and oxygen atoms in total. The number of rotatable bonds is 6. The lowest BCUT2D eigenvalue weighted by Crippen LogP contribution is -2.37. The molecule has 0 aliphatic heterocycles. The van der Waals surface area contributed by atoms with Gasteiger partial charge in [-0.1, -0.05) is 20.3 Å². The van der Waals surface area contributed by atoms with Crippen LogP contribution in [0, 0.1) is 17.2 Å². The third-order valence-corrected chi connectivity index (χ3v) is 3.79. The molecular weight excluding hydrogens is 220 g/mol. The molecular formula is C12H18N2OS. The molecule has 1 aromatic heterocycles. The van der Waals surface area contributed by atoms with Crippen molar-refractivity contribution in [3.05, 3.63) is 21.9 Å². The van der Waals surface area contributed by atoms with Gasteiger partial charge in [0.15, 0.2) is 0 Å². The quantitative estimate of drug-likeness (QED) is 0.798. The van der Waals surface area contributed by atoms with Crippen molar-refractivity contribution in [2.75, 3.05) is 6.61 Å². The maximum absolute atomic E-state index is 9.25. The number of nitriles is 1. The molecule has 0 radical (unpaired) electrons. The van der Waals surface area contributed by atoms with E-state index in [1.165, 1.54) is 0 Å². The first kappa shape index (κ1) is 13.2. The van der Waals surface area contributed by atoms with Crippen LogP contribution in [0.15, 0.2) is 11.4 Å². The van der Waals surface area contributed by atoms with Gasteiger partial charge in [0.05, 0.1) is 12.2 Å². The van der Waals surface area contributed by atoms with Crippen LogP contribution in [0.4, 0.5) is 0 Å². The molecule has 0 saturated carbocycles. The van der Waals surface area contributed by atoms with Crippen LogP contribution in [0.2, 0.25) is 0 Å². The van der Waals surface area contributed by atoms with E-state index in [0.717, 1.165) is 17.8 Å². The Kier molecular flexibility index (Phi) is 5.47. The molecule has 2 N–H and O–H groups in total. The third kappa shape index (κ3) is 3.60. The van der Waals surface area contributed by atoms with Crippen LogP contribution < -0.4 is 5.32 Å². The zero-order valence-corrected chi connectivity index (χ0v) is 10.5. The minimum absolute atomic E-state index is 0.137. The second-order valence-electron chi connectivity index (χ2n) is 3.97. The highest BCUT2D eigenvalue weighted by atomic mass is 32.1. The molecule has 2 unspecified atom stereocenters. The van der Waals surface area contributed by atoms with Crippen LogP contribution >= 0.6 is 11.3 Å². The number of thiophene rings is 1. The van der Waals surface area contributed by atoms with Crippen LogP contribution in [-0.4, -0.2) is 17.8 Å². The standard InChI is InChI=1S/C12H18N2OS/c1-3-9(2)12(7-15)14-6-11-4-10(5-13)8-16-11/h4,8-9,12,14-15H,3,6-7H2,1-2H3. The molecule has 1 aromatic rings. The van der Waals surface area contributed by atoms with Crippen LogP contribution in [0.25, 0.3) is 0 Å². The molecule has 0 spiro atoms. The molecule has 2 atom stereocenters. The van der Waals surface area contributed by atoms with Gasteiger partial charge in [0, 0.05) is 22.8 Å². The molecule has 1 heterocycles. The fourth-order valence-corrected chi connectivity index (χ4v) is 2.25. The van der Waals surface area contributed by atoms with Crippen LogP contribution in [0.3, 0.4) is 0 Å². The second-order valence-corrected chi connectivity index (χ2v) is 4.96. The molecule has 0 aromatic carbocycles. The molecule has 0 amide bonds. The van der Waals surface area contributed by atoms with Gasteiger partial charge in [-0.05, 0) is 12.0 Å². The smallest absolute Gasteiger partial charge is 0.100 e. The minimum atomic E-state index is 0.137. The zero-order valence-electron chi connectivity index (χ0n) is 9.73. The van der Waals surface area contributed by atoms with Crippen molar-refractivity contribution in [1.82, 2.24) is 5.32 Å². The predicted molar refractivity (Wildman–Crippen MR) is 66.2 cm³/mol. The number of hydrogen-bond acceptors (Lipinski definition) is 4. The van der Waals surface area contributed by atoms with Crippen molar-refractivity contribution >= 4 is 11.3 Å². The Balaban J connectivity index is 2.46. The van der Waals surface area contributed by atoms with Crippen molar-refractivity contribution < 1.29 is 5.11 Å². The Morgan fingerprint density at radius 2 is 2.38 bits per heavy atom.